The van der Waals surface area contributed by atoms with E-state index in [2.05, 4.69) is 0 Å². The monoisotopic (exact) mass is 157 g/mol. The molecule has 2 aliphatic rings. The summed E-state index contributed by atoms with van der Waals surface area (Å²) in [6.45, 7) is 2.36. The van der Waals surface area contributed by atoms with Crippen molar-refractivity contribution in [2.75, 3.05) is 19.8 Å². The summed E-state index contributed by atoms with van der Waals surface area (Å²) in [6, 6.07) is 0.0961. The Hall–Kier alpha value is -0.120. The maximum Gasteiger partial charge on any atom is 0.0877 e. The molecule has 2 rings (SSSR count). The quantitative estimate of drug-likeness (QED) is 0.549. The van der Waals surface area contributed by atoms with Crippen molar-refractivity contribution in [1.29, 1.82) is 0 Å². The van der Waals surface area contributed by atoms with E-state index in [1.165, 1.54) is 0 Å². The van der Waals surface area contributed by atoms with Gasteiger partial charge >= 0.3 is 0 Å². The van der Waals surface area contributed by atoms with E-state index in [1.54, 1.807) is 0 Å². The summed E-state index contributed by atoms with van der Waals surface area (Å²) >= 11 is 0. The fourth-order valence-corrected chi connectivity index (χ4v) is 2.00. The zero-order chi connectivity index (χ0) is 7.73. The van der Waals surface area contributed by atoms with Crippen LogP contribution in [0.2, 0.25) is 0 Å². The van der Waals surface area contributed by atoms with Gasteiger partial charge in [0.25, 0.3) is 0 Å². The maximum absolute atomic E-state index is 5.93. The standard InChI is InChI=1S/C8H15NO2/c9-7-6-10-5-3-8(7)2-1-4-11-8/h7H,1-6,9H2/t7-,8+/m0/s1. The third-order valence-corrected chi connectivity index (χ3v) is 2.78. The van der Waals surface area contributed by atoms with E-state index in [4.69, 9.17) is 15.2 Å². The Labute approximate surface area is 66.8 Å². The minimum Gasteiger partial charge on any atom is -0.380 e. The summed E-state index contributed by atoms with van der Waals surface area (Å²) in [6.07, 6.45) is 3.26. The van der Waals surface area contributed by atoms with Gasteiger partial charge in [0.2, 0.25) is 0 Å². The smallest absolute Gasteiger partial charge is 0.0877 e. The van der Waals surface area contributed by atoms with Crippen molar-refractivity contribution in [3.8, 4) is 0 Å². The highest BCUT2D eigenvalue weighted by Gasteiger charge is 2.42. The summed E-state index contributed by atoms with van der Waals surface area (Å²) in [7, 11) is 0. The second kappa shape index (κ2) is 2.73. The molecule has 3 heteroatoms. The summed E-state index contributed by atoms with van der Waals surface area (Å²) in [5, 5.41) is 0. The Balaban J connectivity index is 2.07. The number of rotatable bonds is 0. The molecule has 2 saturated heterocycles. The Kier molecular flexibility index (Phi) is 1.87. The molecule has 0 saturated carbocycles. The maximum atomic E-state index is 5.93. The lowest BCUT2D eigenvalue weighted by Crippen LogP contribution is -2.54. The van der Waals surface area contributed by atoms with Gasteiger partial charge in [-0.05, 0) is 12.8 Å². The SMILES string of the molecule is N[C@H]1COCC[C@]12CCCO2. The second-order valence-electron chi connectivity index (χ2n) is 3.45. The van der Waals surface area contributed by atoms with Crippen LogP contribution in [0.25, 0.3) is 0 Å². The molecule has 0 unspecified atom stereocenters. The molecule has 0 aromatic carbocycles. The van der Waals surface area contributed by atoms with Gasteiger partial charge in [0, 0.05) is 19.6 Å². The predicted molar refractivity (Wildman–Crippen MR) is 41.3 cm³/mol. The van der Waals surface area contributed by atoms with Crippen molar-refractivity contribution in [2.24, 2.45) is 5.73 Å². The van der Waals surface area contributed by atoms with Crippen LogP contribution in [0.1, 0.15) is 19.3 Å². The Morgan fingerprint density at radius 2 is 2.18 bits per heavy atom. The average molecular weight is 157 g/mol. The average Bonchev–Trinajstić information content (AvgIpc) is 2.46. The first kappa shape index (κ1) is 7.53. The Bertz CT molecular complexity index is 143. The highest BCUT2D eigenvalue weighted by atomic mass is 16.5. The zero-order valence-corrected chi connectivity index (χ0v) is 6.71. The minimum absolute atomic E-state index is 0.0156. The van der Waals surface area contributed by atoms with Crippen molar-refractivity contribution in [1.82, 2.24) is 0 Å². The van der Waals surface area contributed by atoms with Crippen LogP contribution in [0.4, 0.5) is 0 Å². The number of nitrogens with two attached hydrogens (primary N) is 1. The van der Waals surface area contributed by atoms with E-state index >= 15 is 0 Å². The largest absolute Gasteiger partial charge is 0.380 e. The summed E-state index contributed by atoms with van der Waals surface area (Å²) in [4.78, 5) is 0. The molecule has 0 radical (unpaired) electrons. The number of hydrogen-bond donors (Lipinski definition) is 1. The molecule has 64 valence electrons. The Morgan fingerprint density at radius 1 is 1.27 bits per heavy atom. The van der Waals surface area contributed by atoms with Crippen molar-refractivity contribution < 1.29 is 9.47 Å². The highest BCUT2D eigenvalue weighted by molar-refractivity contribution is 4.96. The van der Waals surface area contributed by atoms with Gasteiger partial charge in [-0.1, -0.05) is 0 Å². The molecule has 0 bridgehead atoms. The molecule has 1 spiro atoms. The van der Waals surface area contributed by atoms with Gasteiger partial charge in [-0.15, -0.1) is 0 Å². The van der Waals surface area contributed by atoms with E-state index in [-0.39, 0.29) is 11.6 Å². The van der Waals surface area contributed by atoms with Gasteiger partial charge in [-0.25, -0.2) is 0 Å². The normalized spacial score (nSPS) is 45.0. The molecule has 0 aromatic heterocycles. The predicted octanol–water partition coefficient (Wildman–Crippen LogP) is 0.283. The van der Waals surface area contributed by atoms with Crippen LogP contribution < -0.4 is 5.73 Å². The van der Waals surface area contributed by atoms with Gasteiger partial charge in [0.05, 0.1) is 18.2 Å². The van der Waals surface area contributed by atoms with Crippen molar-refractivity contribution in [3.05, 3.63) is 0 Å². The van der Waals surface area contributed by atoms with Crippen molar-refractivity contribution >= 4 is 0 Å². The van der Waals surface area contributed by atoms with Crippen LogP contribution >= 0.6 is 0 Å². The number of ether oxygens (including phenoxy) is 2. The second-order valence-corrected chi connectivity index (χ2v) is 3.45. The van der Waals surface area contributed by atoms with Gasteiger partial charge in [-0.3, -0.25) is 0 Å². The first-order chi connectivity index (χ1) is 5.33. The molecule has 2 aliphatic heterocycles. The highest BCUT2D eigenvalue weighted by Crippen LogP contribution is 2.33. The third-order valence-electron chi connectivity index (χ3n) is 2.78. The lowest BCUT2D eigenvalue weighted by Gasteiger charge is -2.37. The van der Waals surface area contributed by atoms with Crippen molar-refractivity contribution in [3.63, 3.8) is 0 Å². The molecule has 3 nitrogen and oxygen atoms in total. The molecule has 2 heterocycles. The van der Waals surface area contributed by atoms with E-state index < -0.39 is 0 Å². The summed E-state index contributed by atoms with van der Waals surface area (Å²) < 4.78 is 11.0. The van der Waals surface area contributed by atoms with Crippen LogP contribution in [0, 0.1) is 0 Å². The zero-order valence-electron chi connectivity index (χ0n) is 6.71. The molecular weight excluding hydrogens is 142 g/mol. The van der Waals surface area contributed by atoms with Crippen LogP contribution in [-0.4, -0.2) is 31.5 Å². The third kappa shape index (κ3) is 1.17. The number of hydrogen-bond acceptors (Lipinski definition) is 3. The topological polar surface area (TPSA) is 44.5 Å². The van der Waals surface area contributed by atoms with E-state index in [0.29, 0.717) is 6.61 Å². The van der Waals surface area contributed by atoms with E-state index in [1.807, 2.05) is 0 Å². The van der Waals surface area contributed by atoms with Gasteiger partial charge in [0.1, 0.15) is 0 Å². The van der Waals surface area contributed by atoms with Crippen molar-refractivity contribution in [2.45, 2.75) is 30.9 Å². The molecule has 2 atom stereocenters. The fraction of sp³-hybridized carbons (Fsp3) is 1.00. The molecule has 11 heavy (non-hydrogen) atoms. The van der Waals surface area contributed by atoms with Crippen LogP contribution in [0.3, 0.4) is 0 Å². The first-order valence-electron chi connectivity index (χ1n) is 4.31. The molecule has 0 aliphatic carbocycles. The molecule has 2 N–H and O–H groups in total. The van der Waals surface area contributed by atoms with Gasteiger partial charge in [-0.2, -0.15) is 0 Å². The van der Waals surface area contributed by atoms with Crippen LogP contribution in [0.15, 0.2) is 0 Å². The van der Waals surface area contributed by atoms with Gasteiger partial charge in [0.15, 0.2) is 0 Å². The molecule has 0 amide bonds. The lowest BCUT2D eigenvalue weighted by atomic mass is 9.87. The van der Waals surface area contributed by atoms with E-state index in [9.17, 15) is 0 Å². The minimum atomic E-state index is -0.0156. The van der Waals surface area contributed by atoms with Crippen LogP contribution in [0.5, 0.6) is 0 Å². The molecular formula is C8H15NO2. The Morgan fingerprint density at radius 3 is 2.82 bits per heavy atom. The lowest BCUT2D eigenvalue weighted by molar-refractivity contribution is -0.0927. The van der Waals surface area contributed by atoms with Gasteiger partial charge < -0.3 is 15.2 Å². The fourth-order valence-electron chi connectivity index (χ4n) is 2.00. The van der Waals surface area contributed by atoms with E-state index in [0.717, 1.165) is 32.5 Å². The summed E-state index contributed by atoms with van der Waals surface area (Å²) in [5.41, 5.74) is 5.91. The summed E-state index contributed by atoms with van der Waals surface area (Å²) in [5.74, 6) is 0. The molecule has 2 fully saturated rings. The molecule has 0 aromatic rings. The van der Waals surface area contributed by atoms with Crippen LogP contribution in [-0.2, 0) is 9.47 Å². The first-order valence-corrected chi connectivity index (χ1v) is 4.31.